The van der Waals surface area contributed by atoms with E-state index in [4.69, 9.17) is 4.42 Å². The van der Waals surface area contributed by atoms with Gasteiger partial charge in [0.1, 0.15) is 11.2 Å². The fraction of sp³-hybridized carbons (Fsp3) is 0.250. The Bertz CT molecular complexity index is 1010. The van der Waals surface area contributed by atoms with Crippen molar-refractivity contribution in [2.45, 2.75) is 33.6 Å². The first kappa shape index (κ1) is 16.0. The van der Waals surface area contributed by atoms with Gasteiger partial charge in [-0.3, -0.25) is 0 Å². The lowest BCUT2D eigenvalue weighted by Crippen LogP contribution is -2.08. The van der Waals surface area contributed by atoms with Crippen LogP contribution in [-0.4, -0.2) is 0 Å². The van der Waals surface area contributed by atoms with Crippen LogP contribution in [0.5, 0.6) is 0 Å². The van der Waals surface area contributed by atoms with Gasteiger partial charge in [-0.25, -0.2) is 0 Å². The number of para-hydroxylation sites is 2. The minimum absolute atomic E-state index is 0.321. The monoisotopic (exact) mass is 328 g/mol. The number of rotatable bonds is 3. The quantitative estimate of drug-likeness (QED) is 0.404. The maximum absolute atomic E-state index is 6.15. The molecular weight excluding hydrogens is 304 g/mol. The van der Waals surface area contributed by atoms with Gasteiger partial charge in [-0.05, 0) is 34.6 Å². The van der Waals surface area contributed by atoms with Gasteiger partial charge < -0.3 is 4.42 Å². The topological polar surface area (TPSA) is 13.1 Å². The van der Waals surface area contributed by atoms with Crippen molar-refractivity contribution in [1.29, 1.82) is 0 Å². The second-order valence-corrected chi connectivity index (χ2v) is 8.12. The van der Waals surface area contributed by atoms with E-state index < -0.39 is 0 Å². The smallest absolute Gasteiger partial charge is 0.138 e. The molecule has 0 spiro atoms. The van der Waals surface area contributed by atoms with Gasteiger partial charge in [-0.15, -0.1) is 0 Å². The largest absolute Gasteiger partial charge is 0.456 e. The maximum Gasteiger partial charge on any atom is 0.138 e. The van der Waals surface area contributed by atoms with Crippen molar-refractivity contribution < 1.29 is 4.42 Å². The Morgan fingerprint density at radius 1 is 0.720 bits per heavy atom. The molecule has 0 saturated heterocycles. The molecule has 4 rings (SSSR count). The van der Waals surface area contributed by atoms with E-state index in [9.17, 15) is 0 Å². The highest BCUT2D eigenvalue weighted by Gasteiger charge is 2.12. The van der Waals surface area contributed by atoms with E-state index in [-0.39, 0.29) is 0 Å². The number of furan rings is 1. The predicted octanol–water partition coefficient (Wildman–Crippen LogP) is 6.77. The van der Waals surface area contributed by atoms with Crippen LogP contribution in [0.1, 0.15) is 37.5 Å². The van der Waals surface area contributed by atoms with E-state index in [2.05, 4.69) is 75.4 Å². The van der Waals surface area contributed by atoms with E-state index in [0.29, 0.717) is 5.41 Å². The third kappa shape index (κ3) is 3.32. The van der Waals surface area contributed by atoms with E-state index in [1.165, 1.54) is 27.5 Å². The van der Waals surface area contributed by atoms with Crippen LogP contribution in [0.15, 0.2) is 71.1 Å². The molecule has 0 bridgehead atoms. The Morgan fingerprint density at radius 3 is 2.16 bits per heavy atom. The van der Waals surface area contributed by atoms with Gasteiger partial charge in [0.05, 0.1) is 0 Å². The molecule has 0 amide bonds. The summed E-state index contributed by atoms with van der Waals surface area (Å²) in [5.74, 6) is 0. The first-order valence-corrected chi connectivity index (χ1v) is 8.97. The minimum Gasteiger partial charge on any atom is -0.456 e. The zero-order valence-electron chi connectivity index (χ0n) is 15.2. The molecule has 1 aromatic heterocycles. The van der Waals surface area contributed by atoms with Crippen molar-refractivity contribution in [1.82, 2.24) is 0 Å². The number of hydrogen-bond acceptors (Lipinski definition) is 1. The van der Waals surface area contributed by atoms with Crippen LogP contribution in [0.4, 0.5) is 0 Å². The molecule has 0 radical (unpaired) electrons. The fourth-order valence-corrected chi connectivity index (χ4v) is 3.55. The fourth-order valence-electron chi connectivity index (χ4n) is 3.55. The average molecular weight is 328 g/mol. The van der Waals surface area contributed by atoms with E-state index in [1.54, 1.807) is 0 Å². The summed E-state index contributed by atoms with van der Waals surface area (Å²) >= 11 is 0. The Hall–Kier alpha value is -2.54. The molecule has 0 saturated carbocycles. The van der Waals surface area contributed by atoms with Crippen molar-refractivity contribution in [2.75, 3.05) is 0 Å². The second kappa shape index (κ2) is 6.07. The van der Waals surface area contributed by atoms with Crippen molar-refractivity contribution >= 4 is 21.9 Å². The molecule has 0 aliphatic rings. The lowest BCUT2D eigenvalue weighted by molar-refractivity contribution is 0.411. The minimum atomic E-state index is 0.321. The average Bonchev–Trinajstić information content (AvgIpc) is 2.95. The summed E-state index contributed by atoms with van der Waals surface area (Å²) in [5, 5.41) is 2.40. The van der Waals surface area contributed by atoms with Crippen LogP contribution in [0.3, 0.4) is 0 Å². The summed E-state index contributed by atoms with van der Waals surface area (Å²) in [7, 11) is 0. The number of fused-ring (bicyclic) bond motifs is 3. The summed E-state index contributed by atoms with van der Waals surface area (Å²) in [6, 6.07) is 23.8. The van der Waals surface area contributed by atoms with Crippen molar-refractivity contribution in [2.24, 2.45) is 5.41 Å². The SMILES string of the molecule is CC(C)(C)Cc1ccc(Cc2cccc3c2oc2ccccc23)cc1. The molecule has 1 nitrogen and oxygen atoms in total. The van der Waals surface area contributed by atoms with Crippen LogP contribution in [0, 0.1) is 5.41 Å². The molecule has 1 heterocycles. The molecule has 0 atom stereocenters. The third-order valence-electron chi connectivity index (χ3n) is 4.64. The molecule has 3 aromatic carbocycles. The van der Waals surface area contributed by atoms with Crippen LogP contribution in [0.25, 0.3) is 21.9 Å². The second-order valence-electron chi connectivity index (χ2n) is 8.12. The molecule has 1 heteroatoms. The molecule has 0 unspecified atom stereocenters. The highest BCUT2D eigenvalue weighted by Crippen LogP contribution is 2.31. The van der Waals surface area contributed by atoms with Gasteiger partial charge in [-0.1, -0.05) is 81.4 Å². The summed E-state index contributed by atoms with van der Waals surface area (Å²) in [6.45, 7) is 6.84. The molecule has 0 aliphatic heterocycles. The van der Waals surface area contributed by atoms with Crippen LogP contribution >= 0.6 is 0 Å². The van der Waals surface area contributed by atoms with Crippen LogP contribution < -0.4 is 0 Å². The molecule has 0 N–H and O–H groups in total. The van der Waals surface area contributed by atoms with Gasteiger partial charge in [0, 0.05) is 17.2 Å². The van der Waals surface area contributed by atoms with Crippen LogP contribution in [0.2, 0.25) is 0 Å². The van der Waals surface area contributed by atoms with Gasteiger partial charge in [0.25, 0.3) is 0 Å². The van der Waals surface area contributed by atoms with Crippen molar-refractivity contribution in [3.63, 3.8) is 0 Å². The Balaban J connectivity index is 1.66. The molecule has 0 aliphatic carbocycles. The molecule has 126 valence electrons. The lowest BCUT2D eigenvalue weighted by Gasteiger charge is -2.18. The van der Waals surface area contributed by atoms with Crippen molar-refractivity contribution in [3.8, 4) is 0 Å². The Morgan fingerprint density at radius 2 is 1.40 bits per heavy atom. The summed E-state index contributed by atoms with van der Waals surface area (Å²) in [6.07, 6.45) is 2.00. The van der Waals surface area contributed by atoms with Gasteiger partial charge >= 0.3 is 0 Å². The number of benzene rings is 3. The van der Waals surface area contributed by atoms with Gasteiger partial charge in [0.2, 0.25) is 0 Å². The first-order valence-electron chi connectivity index (χ1n) is 8.97. The molecular formula is C24H24O. The normalized spacial score (nSPS) is 12.1. The van der Waals surface area contributed by atoms with Gasteiger partial charge in [0.15, 0.2) is 0 Å². The summed E-state index contributed by atoms with van der Waals surface area (Å²) in [4.78, 5) is 0. The predicted molar refractivity (Wildman–Crippen MR) is 106 cm³/mol. The van der Waals surface area contributed by atoms with E-state index in [0.717, 1.165) is 24.0 Å². The number of hydrogen-bond donors (Lipinski definition) is 0. The van der Waals surface area contributed by atoms with Crippen LogP contribution in [-0.2, 0) is 12.8 Å². The maximum atomic E-state index is 6.15. The highest BCUT2D eigenvalue weighted by molar-refractivity contribution is 6.05. The van der Waals surface area contributed by atoms with Crippen molar-refractivity contribution in [3.05, 3.63) is 83.4 Å². The third-order valence-corrected chi connectivity index (χ3v) is 4.64. The summed E-state index contributed by atoms with van der Waals surface area (Å²) in [5.41, 5.74) is 6.27. The van der Waals surface area contributed by atoms with E-state index >= 15 is 0 Å². The Kier molecular flexibility index (Phi) is 3.88. The summed E-state index contributed by atoms with van der Waals surface area (Å²) < 4.78 is 6.15. The Labute approximate surface area is 149 Å². The van der Waals surface area contributed by atoms with Gasteiger partial charge in [-0.2, -0.15) is 0 Å². The zero-order valence-corrected chi connectivity index (χ0v) is 15.2. The van der Waals surface area contributed by atoms with E-state index in [1.807, 2.05) is 12.1 Å². The molecule has 0 fully saturated rings. The molecule has 25 heavy (non-hydrogen) atoms. The lowest BCUT2D eigenvalue weighted by atomic mass is 9.88. The zero-order chi connectivity index (χ0) is 17.4. The first-order chi connectivity index (χ1) is 12.0. The standard InChI is InChI=1S/C24H24O/c1-24(2,3)16-18-13-11-17(12-14-18)15-19-7-6-9-21-20-8-4-5-10-22(20)25-23(19)21/h4-14H,15-16H2,1-3H3. The molecule has 4 aromatic rings. The highest BCUT2D eigenvalue weighted by atomic mass is 16.3.